The molecule has 1 aromatic heterocycles. The molecule has 0 atom stereocenters. The number of rotatable bonds is 4. The van der Waals surface area contributed by atoms with Gasteiger partial charge in [-0.25, -0.2) is 4.98 Å². The van der Waals surface area contributed by atoms with Crippen molar-refractivity contribution in [1.82, 2.24) is 9.88 Å². The van der Waals surface area contributed by atoms with Gasteiger partial charge in [0.1, 0.15) is 0 Å². The lowest BCUT2D eigenvalue weighted by atomic mass is 10.2. The van der Waals surface area contributed by atoms with Crippen molar-refractivity contribution in [2.45, 2.75) is 27.3 Å². The van der Waals surface area contributed by atoms with Crippen molar-refractivity contribution in [3.05, 3.63) is 16.1 Å². The minimum atomic E-state index is 0.539. The third-order valence-electron chi connectivity index (χ3n) is 2.24. The molecule has 0 spiro atoms. The molecular formula is C11H20N4S. The fourth-order valence-corrected chi connectivity index (χ4v) is 2.00. The van der Waals surface area contributed by atoms with Crippen LogP contribution in [0.5, 0.6) is 0 Å². The van der Waals surface area contributed by atoms with Crippen LogP contribution in [0.15, 0.2) is 10.5 Å². The molecule has 1 aromatic rings. The largest absolute Gasteiger partial charge is 0.370 e. The zero-order valence-electron chi connectivity index (χ0n) is 10.4. The van der Waals surface area contributed by atoms with Crippen molar-refractivity contribution in [1.29, 1.82) is 0 Å². The average Bonchev–Trinajstić information content (AvgIpc) is 2.60. The van der Waals surface area contributed by atoms with Crippen LogP contribution in [0.3, 0.4) is 0 Å². The summed E-state index contributed by atoms with van der Waals surface area (Å²) in [6, 6.07) is 0. The molecule has 5 heteroatoms. The van der Waals surface area contributed by atoms with Gasteiger partial charge in [-0.05, 0) is 12.8 Å². The molecule has 0 aliphatic rings. The minimum absolute atomic E-state index is 0.539. The van der Waals surface area contributed by atoms with Crippen molar-refractivity contribution in [2.75, 3.05) is 13.6 Å². The third kappa shape index (κ3) is 3.81. The molecule has 0 saturated heterocycles. The first kappa shape index (κ1) is 13.0. The molecular weight excluding hydrogens is 220 g/mol. The van der Waals surface area contributed by atoms with E-state index < -0.39 is 0 Å². The summed E-state index contributed by atoms with van der Waals surface area (Å²) >= 11 is 1.66. The second kappa shape index (κ2) is 5.84. The number of aromatic nitrogens is 1. The van der Waals surface area contributed by atoms with Crippen molar-refractivity contribution in [3.63, 3.8) is 0 Å². The van der Waals surface area contributed by atoms with Crippen molar-refractivity contribution in [2.24, 2.45) is 16.6 Å². The second-order valence-electron chi connectivity index (χ2n) is 4.31. The third-order valence-corrected chi connectivity index (χ3v) is 3.16. The van der Waals surface area contributed by atoms with E-state index in [0.717, 1.165) is 18.8 Å². The van der Waals surface area contributed by atoms with Crippen LogP contribution in [0, 0.1) is 12.8 Å². The first-order valence-corrected chi connectivity index (χ1v) is 6.28. The van der Waals surface area contributed by atoms with E-state index in [9.17, 15) is 0 Å². The zero-order valence-corrected chi connectivity index (χ0v) is 11.2. The molecule has 1 heterocycles. The SMILES string of the molecule is Cc1ncsc1CN(C)C(N)=NCC(C)C. The van der Waals surface area contributed by atoms with Crippen LogP contribution < -0.4 is 5.73 Å². The van der Waals surface area contributed by atoms with Crippen molar-refractivity contribution in [3.8, 4) is 0 Å². The maximum Gasteiger partial charge on any atom is 0.191 e. The molecule has 0 aliphatic carbocycles. The van der Waals surface area contributed by atoms with Gasteiger partial charge in [-0.3, -0.25) is 4.99 Å². The summed E-state index contributed by atoms with van der Waals surface area (Å²) in [7, 11) is 1.96. The highest BCUT2D eigenvalue weighted by Crippen LogP contribution is 2.13. The van der Waals surface area contributed by atoms with Gasteiger partial charge in [-0.15, -0.1) is 11.3 Å². The maximum absolute atomic E-state index is 5.89. The number of nitrogens with two attached hydrogens (primary N) is 1. The number of aliphatic imine (C=N–C) groups is 1. The first-order chi connectivity index (χ1) is 7.50. The number of hydrogen-bond acceptors (Lipinski definition) is 3. The highest BCUT2D eigenvalue weighted by molar-refractivity contribution is 7.09. The molecule has 0 radical (unpaired) electrons. The second-order valence-corrected chi connectivity index (χ2v) is 5.25. The van der Waals surface area contributed by atoms with Gasteiger partial charge in [0.25, 0.3) is 0 Å². The highest BCUT2D eigenvalue weighted by atomic mass is 32.1. The summed E-state index contributed by atoms with van der Waals surface area (Å²) < 4.78 is 0. The molecule has 2 N–H and O–H groups in total. The Hall–Kier alpha value is -1.10. The molecule has 4 nitrogen and oxygen atoms in total. The highest BCUT2D eigenvalue weighted by Gasteiger charge is 2.07. The fourth-order valence-electron chi connectivity index (χ4n) is 1.17. The van der Waals surface area contributed by atoms with Gasteiger partial charge in [0.15, 0.2) is 5.96 Å². The Bertz CT molecular complexity index is 357. The molecule has 0 amide bonds. The number of thiazole rings is 1. The van der Waals surface area contributed by atoms with Crippen LogP contribution >= 0.6 is 11.3 Å². The maximum atomic E-state index is 5.89. The summed E-state index contributed by atoms with van der Waals surface area (Å²) in [5.74, 6) is 1.14. The van der Waals surface area contributed by atoms with Gasteiger partial charge in [0.2, 0.25) is 0 Å². The smallest absolute Gasteiger partial charge is 0.191 e. The van der Waals surface area contributed by atoms with E-state index in [4.69, 9.17) is 5.73 Å². The van der Waals surface area contributed by atoms with Gasteiger partial charge in [-0.1, -0.05) is 13.8 Å². The molecule has 0 aliphatic heterocycles. The Morgan fingerprint density at radius 1 is 1.62 bits per heavy atom. The van der Waals surface area contributed by atoms with Crippen LogP contribution in [-0.2, 0) is 6.54 Å². The number of aryl methyl sites for hydroxylation is 1. The summed E-state index contributed by atoms with van der Waals surface area (Å²) in [5, 5.41) is 0. The summed E-state index contributed by atoms with van der Waals surface area (Å²) in [6.45, 7) is 7.83. The van der Waals surface area contributed by atoms with E-state index in [1.165, 1.54) is 4.88 Å². The Kier molecular flexibility index (Phi) is 4.73. The molecule has 0 bridgehead atoms. The molecule has 16 heavy (non-hydrogen) atoms. The summed E-state index contributed by atoms with van der Waals surface area (Å²) in [6.07, 6.45) is 0. The summed E-state index contributed by atoms with van der Waals surface area (Å²) in [5.41, 5.74) is 8.83. The molecule has 0 unspecified atom stereocenters. The molecule has 1 rings (SSSR count). The molecule has 90 valence electrons. The fraction of sp³-hybridized carbons (Fsp3) is 0.636. The Balaban J connectivity index is 2.55. The number of nitrogens with zero attached hydrogens (tertiary/aromatic N) is 3. The van der Waals surface area contributed by atoms with E-state index in [2.05, 4.69) is 23.8 Å². The van der Waals surface area contributed by atoms with Gasteiger partial charge in [0.05, 0.1) is 17.7 Å². The first-order valence-electron chi connectivity index (χ1n) is 5.40. The van der Waals surface area contributed by atoms with Crippen molar-refractivity contribution >= 4 is 17.3 Å². The quantitative estimate of drug-likeness (QED) is 0.645. The monoisotopic (exact) mass is 240 g/mol. The van der Waals surface area contributed by atoms with Gasteiger partial charge >= 0.3 is 0 Å². The minimum Gasteiger partial charge on any atom is -0.370 e. The van der Waals surface area contributed by atoms with Crippen LogP contribution in [-0.4, -0.2) is 29.4 Å². The standard InChI is InChI=1S/C11H20N4S/c1-8(2)5-13-11(12)15(4)6-10-9(3)14-7-16-10/h7-8H,5-6H2,1-4H3,(H2,12,13). The Morgan fingerprint density at radius 3 is 2.81 bits per heavy atom. The Labute approximate surface area is 101 Å². The Morgan fingerprint density at radius 2 is 2.31 bits per heavy atom. The van der Waals surface area contributed by atoms with E-state index in [-0.39, 0.29) is 0 Å². The lowest BCUT2D eigenvalue weighted by Gasteiger charge is -2.17. The average molecular weight is 240 g/mol. The topological polar surface area (TPSA) is 54.5 Å². The van der Waals surface area contributed by atoms with E-state index in [1.807, 2.05) is 24.4 Å². The van der Waals surface area contributed by atoms with Gasteiger partial charge in [0, 0.05) is 18.5 Å². The van der Waals surface area contributed by atoms with Gasteiger partial charge in [-0.2, -0.15) is 0 Å². The predicted octanol–water partition coefficient (Wildman–Crippen LogP) is 1.85. The van der Waals surface area contributed by atoms with E-state index in [1.54, 1.807) is 11.3 Å². The van der Waals surface area contributed by atoms with Crippen LogP contribution in [0.2, 0.25) is 0 Å². The normalized spacial score (nSPS) is 12.2. The van der Waals surface area contributed by atoms with Crippen LogP contribution in [0.1, 0.15) is 24.4 Å². The number of guanidine groups is 1. The summed E-state index contributed by atoms with van der Waals surface area (Å²) in [4.78, 5) is 11.8. The lowest BCUT2D eigenvalue weighted by Crippen LogP contribution is -2.33. The van der Waals surface area contributed by atoms with Gasteiger partial charge < -0.3 is 10.6 Å². The number of hydrogen-bond donors (Lipinski definition) is 1. The lowest BCUT2D eigenvalue weighted by molar-refractivity contribution is 0.492. The molecule has 0 aromatic carbocycles. The van der Waals surface area contributed by atoms with E-state index >= 15 is 0 Å². The van der Waals surface area contributed by atoms with E-state index in [0.29, 0.717) is 11.9 Å². The van der Waals surface area contributed by atoms with Crippen LogP contribution in [0.4, 0.5) is 0 Å². The molecule has 0 saturated carbocycles. The molecule has 0 fully saturated rings. The van der Waals surface area contributed by atoms with Crippen molar-refractivity contribution < 1.29 is 0 Å². The van der Waals surface area contributed by atoms with Crippen LogP contribution in [0.25, 0.3) is 0 Å². The zero-order chi connectivity index (χ0) is 12.1. The predicted molar refractivity (Wildman–Crippen MR) is 69.6 cm³/mol.